The molecule has 0 saturated carbocycles. The Morgan fingerprint density at radius 1 is 0.361 bits per heavy atom. The van der Waals surface area contributed by atoms with E-state index in [9.17, 15) is 52.8 Å². The largest absolute Gasteiger partial charge is 0.478 e. The third-order valence-corrected chi connectivity index (χ3v) is 10.5. The van der Waals surface area contributed by atoms with Gasteiger partial charge in [0.15, 0.2) is 23.0 Å². The van der Waals surface area contributed by atoms with Gasteiger partial charge < -0.3 is 37.2 Å². The van der Waals surface area contributed by atoms with Crippen LogP contribution >= 0.6 is 90.4 Å². The molecule has 0 heterocycles. The Morgan fingerprint density at radius 2 is 0.508 bits per heavy atom. The molecule has 4 aromatic rings. The fourth-order valence-electron chi connectivity index (χ4n) is 3.47. The molecule has 0 aromatic heterocycles. The molecule has 4 aromatic carbocycles. The van der Waals surface area contributed by atoms with Gasteiger partial charge in [0.05, 0.1) is 14.3 Å². The number of carboxylic acids is 4. The Bertz CT molecular complexity index is 2360. The Morgan fingerprint density at radius 3 is 0.623 bits per heavy atom. The van der Waals surface area contributed by atoms with E-state index in [0.717, 1.165) is 0 Å². The van der Waals surface area contributed by atoms with Crippen molar-refractivity contribution in [1.29, 1.82) is 0 Å². The molecule has 0 unspecified atom stereocenters. The van der Waals surface area contributed by atoms with E-state index >= 15 is 0 Å². The average Bonchev–Trinajstić information content (AvgIpc) is 3.06. The third-order valence-electron chi connectivity index (χ3n) is 5.54. The summed E-state index contributed by atoms with van der Waals surface area (Å²) >= 11 is 6.78. The molecule has 4 rings (SSSR count). The molecule has 0 spiro atoms. The molecule has 0 saturated heterocycles. The minimum absolute atomic E-state index is 0. The van der Waals surface area contributed by atoms with Crippen LogP contribution in [0.15, 0.2) is 72.8 Å². The second-order valence-corrected chi connectivity index (χ2v) is 18.5. The van der Waals surface area contributed by atoms with Crippen molar-refractivity contribution in [2.75, 3.05) is 0 Å². The zero-order valence-electron chi connectivity index (χ0n) is 28.7. The van der Waals surface area contributed by atoms with Crippen LogP contribution in [0.4, 0.5) is 0 Å². The molecule has 0 aliphatic rings. The summed E-state index contributed by atoms with van der Waals surface area (Å²) in [5, 5.41) is 34.9. The van der Waals surface area contributed by atoms with Crippen LogP contribution < -0.4 is 16.7 Å². The summed E-state index contributed by atoms with van der Waals surface area (Å²) in [5.74, 6) is -6.94. The molecule has 24 nitrogen and oxygen atoms in total. The van der Waals surface area contributed by atoms with Crippen molar-refractivity contribution in [2.24, 2.45) is 0 Å². The van der Waals surface area contributed by atoms with Crippen molar-refractivity contribution >= 4 is 156 Å². The number of halogens is 4. The molecule has 0 fully saturated rings. The molecule has 33 heteroatoms. The first kappa shape index (κ1) is 58.4. The second kappa shape index (κ2) is 25.0. The van der Waals surface area contributed by atoms with Crippen LogP contribution in [0.5, 0.6) is 23.0 Å². The summed E-state index contributed by atoms with van der Waals surface area (Å²) in [4.78, 5) is 42.8. The summed E-state index contributed by atoms with van der Waals surface area (Å²) in [6, 6.07) is 16.2. The molecule has 0 bridgehead atoms. The van der Waals surface area contributed by atoms with Gasteiger partial charge in [-0.2, -0.15) is 33.7 Å². The number of benzene rings is 4. The van der Waals surface area contributed by atoms with E-state index in [1.807, 2.05) is 0 Å². The summed E-state index contributed by atoms with van der Waals surface area (Å²) in [5.41, 5.74) is -1.34. The third kappa shape index (κ3) is 22.0. The van der Waals surface area contributed by atoms with Gasteiger partial charge in [0.25, 0.3) is 0 Å². The Kier molecular flexibility index (Phi) is 24.0. The maximum Gasteiger partial charge on any atom is 0.446 e. The Hall–Kier alpha value is -2.60. The molecule has 0 aliphatic carbocycles. The minimum Gasteiger partial charge on any atom is -0.478 e. The van der Waals surface area contributed by atoms with Gasteiger partial charge in [-0.05, 0) is 139 Å². The Labute approximate surface area is 417 Å². The molecular weight excluding hydrogens is 1450 g/mol. The van der Waals surface area contributed by atoms with E-state index in [0.29, 0.717) is 0 Å². The molecule has 0 radical (unpaired) electrons. The normalized spacial score (nSPS) is 10.9. The van der Waals surface area contributed by atoms with E-state index in [1.165, 1.54) is 72.8 Å². The number of hydrogen-bond donors (Lipinski definition) is 8. The SMILES string of the molecule is O=C(O)c1cccc(I)c1OS(=O)(=O)O.O=C(O)c1cccc(I)c1OS(=O)(=O)O.O=C(O)c1cccc(I)c1OS(=O)(=O)O.O=C(O)c1cccc(I)c1OS(=O)(=O)O.[Zr]. The van der Waals surface area contributed by atoms with Gasteiger partial charge in [-0.15, -0.1) is 0 Å². The van der Waals surface area contributed by atoms with Gasteiger partial charge in [0.1, 0.15) is 22.3 Å². The predicted octanol–water partition coefficient (Wildman–Crippen LogP) is 4.68. The summed E-state index contributed by atoms with van der Waals surface area (Å²) in [6.07, 6.45) is 0. The maximum absolute atomic E-state index is 10.7. The van der Waals surface area contributed by atoms with Gasteiger partial charge in [-0.1, -0.05) is 24.3 Å². The van der Waals surface area contributed by atoms with Crippen LogP contribution in [0.3, 0.4) is 0 Å². The smallest absolute Gasteiger partial charge is 0.446 e. The molecule has 0 atom stereocenters. The summed E-state index contributed by atoms with van der Waals surface area (Å²) in [6.45, 7) is 0. The standard InChI is InChI=1S/4C7H5IO6S.Zr/c4*8-5-3-1-2-4(7(9)10)6(5)14-15(11,12)13;/h4*1-3H,(H,9,10)(H,11,12,13);. The summed E-state index contributed by atoms with van der Waals surface area (Å²) in [7, 11) is -18.9. The van der Waals surface area contributed by atoms with E-state index < -0.39 is 88.5 Å². The number of carbonyl (C=O) groups is 4. The van der Waals surface area contributed by atoms with Gasteiger partial charge >= 0.3 is 65.5 Å². The van der Waals surface area contributed by atoms with Crippen LogP contribution in [0.1, 0.15) is 41.4 Å². The first-order valence-corrected chi connectivity index (χ1v) is 23.8. The molecule has 0 aliphatic heterocycles. The average molecular weight is 1470 g/mol. The number of rotatable bonds is 12. The number of hydrogen-bond acceptors (Lipinski definition) is 16. The van der Waals surface area contributed by atoms with Gasteiger partial charge in [-0.3, -0.25) is 18.2 Å². The van der Waals surface area contributed by atoms with E-state index in [4.69, 9.17) is 38.6 Å². The quantitative estimate of drug-likeness (QED) is 0.0705. The van der Waals surface area contributed by atoms with Crippen molar-refractivity contribution in [3.05, 3.63) is 109 Å². The first-order valence-electron chi connectivity index (χ1n) is 14.0. The summed E-state index contributed by atoms with van der Waals surface area (Å²) < 4.78 is 135. The maximum atomic E-state index is 10.7. The van der Waals surface area contributed by atoms with Crippen molar-refractivity contribution < 1.29 is 134 Å². The van der Waals surface area contributed by atoms with E-state index in [1.54, 1.807) is 90.4 Å². The zero-order chi connectivity index (χ0) is 46.6. The van der Waals surface area contributed by atoms with Crippen molar-refractivity contribution in [3.8, 4) is 23.0 Å². The minimum atomic E-state index is -4.72. The molecular formula is C28H20I4O24S4Zr. The van der Waals surface area contributed by atoms with Gasteiger partial charge in [0.2, 0.25) is 0 Å². The van der Waals surface area contributed by atoms with Crippen molar-refractivity contribution in [3.63, 3.8) is 0 Å². The van der Waals surface area contributed by atoms with Crippen LogP contribution in [0.25, 0.3) is 0 Å². The first-order chi connectivity index (χ1) is 27.2. The van der Waals surface area contributed by atoms with Crippen molar-refractivity contribution in [2.45, 2.75) is 0 Å². The van der Waals surface area contributed by atoms with Crippen LogP contribution in [-0.2, 0) is 67.8 Å². The molecule has 0 amide bonds. The van der Waals surface area contributed by atoms with Gasteiger partial charge in [-0.25, -0.2) is 19.2 Å². The number of carboxylic acid groups (broad SMARTS) is 4. The number of para-hydroxylation sites is 4. The Balaban J connectivity index is 0.000000783. The fraction of sp³-hybridized carbons (Fsp3) is 0. The second-order valence-electron chi connectivity index (χ2n) is 9.73. The zero-order valence-corrected chi connectivity index (χ0v) is 43.0. The predicted molar refractivity (Wildman–Crippen MR) is 233 cm³/mol. The van der Waals surface area contributed by atoms with E-state index in [-0.39, 0.29) is 62.7 Å². The topological polar surface area (TPSA) is 404 Å². The van der Waals surface area contributed by atoms with Gasteiger partial charge in [0, 0.05) is 26.2 Å². The molecule has 8 N–H and O–H groups in total. The number of aromatic carboxylic acids is 4. The van der Waals surface area contributed by atoms with E-state index in [2.05, 4.69) is 16.7 Å². The molecule has 61 heavy (non-hydrogen) atoms. The van der Waals surface area contributed by atoms with Crippen LogP contribution in [0, 0.1) is 14.3 Å². The molecule has 332 valence electrons. The van der Waals surface area contributed by atoms with Crippen molar-refractivity contribution in [1.82, 2.24) is 0 Å². The fourth-order valence-corrected chi connectivity index (χ4v) is 8.06. The van der Waals surface area contributed by atoms with Crippen LogP contribution in [-0.4, -0.2) is 96.2 Å². The van der Waals surface area contributed by atoms with Crippen LogP contribution in [0.2, 0.25) is 0 Å². The monoisotopic (exact) mass is 1470 g/mol.